The Morgan fingerprint density at radius 2 is 1.21 bits per heavy atom. The average molecular weight is 835 g/mol. The minimum atomic E-state index is -0.719. The molecule has 0 spiro atoms. The van der Waals surface area contributed by atoms with Gasteiger partial charge in [0, 0.05) is 24.2 Å². The van der Waals surface area contributed by atoms with Gasteiger partial charge in [0.15, 0.2) is 5.82 Å². The molecule has 4 N–H and O–H groups in total. The van der Waals surface area contributed by atoms with Gasteiger partial charge in [-0.2, -0.15) is 4.98 Å². The molecule has 0 radical (unpaired) electrons. The largest absolute Gasteiger partial charge is 0.477 e. The van der Waals surface area contributed by atoms with E-state index in [9.17, 15) is 19.2 Å². The van der Waals surface area contributed by atoms with E-state index < -0.39 is 24.3 Å². The molecule has 322 valence electrons. The zero-order valence-corrected chi connectivity index (χ0v) is 35.7. The molecule has 2 fully saturated rings. The third-order valence-corrected chi connectivity index (χ3v) is 11.4. The van der Waals surface area contributed by atoms with E-state index in [0.29, 0.717) is 48.6 Å². The second-order valence-electron chi connectivity index (χ2n) is 16.1. The fraction of sp³-hybridized carbons (Fsp3) is 0.455. The summed E-state index contributed by atoms with van der Waals surface area (Å²) in [7, 11) is 2.56. The van der Waals surface area contributed by atoms with E-state index in [1.54, 1.807) is 22.2 Å². The summed E-state index contributed by atoms with van der Waals surface area (Å²) < 4.78 is 15.6. The van der Waals surface area contributed by atoms with E-state index in [1.807, 2.05) is 77.1 Å². The normalized spacial score (nSPS) is 17.5. The first-order valence-electron chi connectivity index (χ1n) is 20.9. The number of amides is 4. The number of ether oxygens (including phenoxy) is 3. The Morgan fingerprint density at radius 3 is 1.70 bits per heavy atom. The molecule has 2 saturated heterocycles. The number of methoxy groups -OCH3 is 2. The Balaban J connectivity index is 1.08. The lowest BCUT2D eigenvalue weighted by molar-refractivity contribution is -0.136. The van der Waals surface area contributed by atoms with Crippen molar-refractivity contribution in [3.8, 4) is 39.8 Å². The zero-order valence-electron chi connectivity index (χ0n) is 35.7. The second kappa shape index (κ2) is 18.4. The van der Waals surface area contributed by atoms with E-state index in [2.05, 4.69) is 25.6 Å². The van der Waals surface area contributed by atoms with E-state index >= 15 is 0 Å². The number of aromatic nitrogens is 6. The number of fused-ring (bicyclic) bond motifs is 1. The first-order valence-corrected chi connectivity index (χ1v) is 20.9. The number of carbonyl (C=O) groups excluding carboxylic acids is 4. The van der Waals surface area contributed by atoms with Crippen LogP contribution in [0, 0.1) is 11.8 Å². The molecule has 2 aliphatic heterocycles. The van der Waals surface area contributed by atoms with Crippen molar-refractivity contribution in [2.24, 2.45) is 11.8 Å². The average Bonchev–Trinajstić information content (AvgIpc) is 4.11. The highest BCUT2D eigenvalue weighted by atomic mass is 16.5. The van der Waals surface area contributed by atoms with Crippen LogP contribution in [0.2, 0.25) is 0 Å². The summed E-state index contributed by atoms with van der Waals surface area (Å²) >= 11 is 0. The first-order chi connectivity index (χ1) is 29.4. The molecule has 2 aliphatic rings. The van der Waals surface area contributed by atoms with Crippen LogP contribution in [0.5, 0.6) is 5.88 Å². The number of nitrogens with zero attached hydrogens (tertiary/aromatic N) is 6. The summed E-state index contributed by atoms with van der Waals surface area (Å²) in [6.45, 7) is 11.0. The quantitative estimate of drug-likeness (QED) is 0.0998. The van der Waals surface area contributed by atoms with E-state index in [-0.39, 0.29) is 35.7 Å². The number of carbonyl (C=O) groups is 4. The number of H-pyrrole nitrogens is 2. The lowest BCUT2D eigenvalue weighted by atomic mass is 10.0. The molecule has 3 aromatic heterocycles. The van der Waals surface area contributed by atoms with Gasteiger partial charge in [-0.3, -0.25) is 9.59 Å². The molecule has 4 amide bonds. The van der Waals surface area contributed by atoms with Crippen molar-refractivity contribution in [3.63, 3.8) is 0 Å². The number of hydrogen-bond donors (Lipinski definition) is 4. The summed E-state index contributed by atoms with van der Waals surface area (Å²) in [4.78, 5) is 80.9. The van der Waals surface area contributed by atoms with E-state index in [1.165, 1.54) is 14.2 Å². The molecule has 0 bridgehead atoms. The number of hydrogen-bond acceptors (Lipinski definition) is 11. The summed E-state index contributed by atoms with van der Waals surface area (Å²) in [6, 6.07) is 11.8. The van der Waals surface area contributed by atoms with Crippen LogP contribution in [0.25, 0.3) is 44.8 Å². The van der Waals surface area contributed by atoms with Crippen LogP contribution in [0.4, 0.5) is 9.59 Å². The van der Waals surface area contributed by atoms with Crippen LogP contribution in [-0.2, 0) is 19.1 Å². The van der Waals surface area contributed by atoms with E-state index in [0.717, 1.165) is 59.1 Å². The summed E-state index contributed by atoms with van der Waals surface area (Å²) in [6.07, 6.45) is 5.40. The van der Waals surface area contributed by atoms with Gasteiger partial charge in [0.05, 0.1) is 67.6 Å². The van der Waals surface area contributed by atoms with Crippen molar-refractivity contribution < 1.29 is 33.4 Å². The molecule has 17 nitrogen and oxygen atoms in total. The Bertz CT molecular complexity index is 2380. The number of benzene rings is 2. The molecule has 17 heteroatoms. The van der Waals surface area contributed by atoms with E-state index in [4.69, 9.17) is 29.2 Å². The van der Waals surface area contributed by atoms with Gasteiger partial charge < -0.3 is 44.6 Å². The third-order valence-electron chi connectivity index (χ3n) is 11.4. The van der Waals surface area contributed by atoms with Crippen molar-refractivity contribution >= 4 is 34.9 Å². The number of nitrogens with one attached hydrogen (secondary N) is 4. The maximum atomic E-state index is 13.7. The minimum Gasteiger partial charge on any atom is -0.477 e. The molecule has 2 aromatic carbocycles. The molecule has 0 saturated carbocycles. The Hall–Kier alpha value is -6.52. The maximum Gasteiger partial charge on any atom is 0.407 e. The molecule has 0 aliphatic carbocycles. The maximum absolute atomic E-state index is 13.7. The molecule has 61 heavy (non-hydrogen) atoms. The van der Waals surface area contributed by atoms with Crippen molar-refractivity contribution in [3.05, 3.63) is 66.5 Å². The molecule has 5 heterocycles. The molecular formula is C44H54N10O7. The number of alkyl carbamates (subject to hydrolysis) is 2. The first kappa shape index (κ1) is 42.6. The topological polar surface area (TPSA) is 210 Å². The Kier molecular flexibility index (Phi) is 12.8. The summed E-state index contributed by atoms with van der Waals surface area (Å²) in [5, 5.41) is 6.13. The Labute approximate surface area is 354 Å². The van der Waals surface area contributed by atoms with Gasteiger partial charge in [0.1, 0.15) is 23.7 Å². The van der Waals surface area contributed by atoms with Gasteiger partial charge >= 0.3 is 12.2 Å². The van der Waals surface area contributed by atoms with Crippen LogP contribution in [0.15, 0.2) is 54.9 Å². The monoisotopic (exact) mass is 834 g/mol. The van der Waals surface area contributed by atoms with Crippen LogP contribution in [-0.4, -0.2) is 110 Å². The van der Waals surface area contributed by atoms with Gasteiger partial charge in [-0.15, -0.1) is 0 Å². The predicted molar refractivity (Wildman–Crippen MR) is 227 cm³/mol. The fourth-order valence-electron chi connectivity index (χ4n) is 8.13. The minimum absolute atomic E-state index is 0.124. The standard InChI is InChI=1S/C44H54N10O7/c1-8-61-40-29-21-28(32-23-46-39(49-32)34-12-10-20-54(34)42(56)36(25(4)5)51-44(58)60-7)17-18-30(29)47-37(52-40)27-15-13-26(14-16-27)31-22-45-38(48-31)33-11-9-19-53(33)41(55)35(24(2)3)50-43(57)59-6/h13-18,21-25,33-36H,8-12,19-20H2,1-7H3,(H,45,48)(H,46,49)(H,50,57)(H,51,58)/t33-,34-,35-,36-/m0/s1. The highest BCUT2D eigenvalue weighted by Gasteiger charge is 2.39. The van der Waals surface area contributed by atoms with Gasteiger partial charge in [-0.05, 0) is 62.1 Å². The lowest BCUT2D eigenvalue weighted by Gasteiger charge is -2.30. The molecule has 7 rings (SSSR count). The Morgan fingerprint density at radius 1 is 0.721 bits per heavy atom. The summed E-state index contributed by atoms with van der Waals surface area (Å²) in [5.41, 5.74) is 4.86. The molecule has 0 unspecified atom stereocenters. The van der Waals surface area contributed by atoms with Crippen LogP contribution >= 0.6 is 0 Å². The van der Waals surface area contributed by atoms with Gasteiger partial charge in [0.25, 0.3) is 0 Å². The fourth-order valence-corrected chi connectivity index (χ4v) is 8.13. The zero-order chi connectivity index (χ0) is 43.4. The van der Waals surface area contributed by atoms with Crippen molar-refractivity contribution in [1.82, 2.24) is 50.3 Å². The van der Waals surface area contributed by atoms with Crippen molar-refractivity contribution in [2.45, 2.75) is 84.5 Å². The molecule has 5 aromatic rings. The second-order valence-corrected chi connectivity index (χ2v) is 16.1. The third kappa shape index (κ3) is 9.00. The predicted octanol–water partition coefficient (Wildman–Crippen LogP) is 6.56. The van der Waals surface area contributed by atoms with Crippen LogP contribution in [0.3, 0.4) is 0 Å². The van der Waals surface area contributed by atoms with Crippen LogP contribution < -0.4 is 15.4 Å². The number of rotatable bonds is 13. The highest BCUT2D eigenvalue weighted by Crippen LogP contribution is 2.36. The number of likely N-dealkylation sites (tertiary alicyclic amines) is 2. The smallest absolute Gasteiger partial charge is 0.407 e. The van der Waals surface area contributed by atoms with Gasteiger partial charge in [0.2, 0.25) is 17.7 Å². The van der Waals surface area contributed by atoms with Crippen molar-refractivity contribution in [1.29, 1.82) is 0 Å². The SMILES string of the molecule is CCOc1nc(-c2ccc(-c3cnc([C@@H]4CCCN4C(=O)[C@@H](NC(=O)OC)C(C)C)[nH]3)cc2)nc2ccc(-c3cnc([C@@H]4CCCN4C(=O)[C@@H](NC(=O)OC)C(C)C)[nH]3)cc12. The highest BCUT2D eigenvalue weighted by molar-refractivity contribution is 5.90. The van der Waals surface area contributed by atoms with Crippen molar-refractivity contribution in [2.75, 3.05) is 33.9 Å². The van der Waals surface area contributed by atoms with Gasteiger partial charge in [-0.1, -0.05) is 58.0 Å². The summed E-state index contributed by atoms with van der Waals surface area (Å²) in [5.74, 6) is 1.75. The number of imidazole rings is 2. The van der Waals surface area contributed by atoms with Gasteiger partial charge in [-0.25, -0.2) is 24.5 Å². The number of aromatic amines is 2. The lowest BCUT2D eigenvalue weighted by Crippen LogP contribution is -2.51. The van der Waals surface area contributed by atoms with Crippen LogP contribution in [0.1, 0.15) is 84.0 Å². The molecule has 4 atom stereocenters. The molecular weight excluding hydrogens is 781 g/mol.